The van der Waals surface area contributed by atoms with Gasteiger partial charge in [0.1, 0.15) is 16.7 Å². The number of aryl methyl sites for hydroxylation is 1. The summed E-state index contributed by atoms with van der Waals surface area (Å²) in [5.74, 6) is -2.93. The minimum atomic E-state index is -4.79. The lowest BCUT2D eigenvalue weighted by Gasteiger charge is -2.36. The molecular weight excluding hydrogens is 567 g/mol. The van der Waals surface area contributed by atoms with Crippen molar-refractivity contribution in [2.24, 2.45) is 5.92 Å². The molecule has 1 aromatic carbocycles. The molecule has 0 amide bonds. The molecule has 39 heavy (non-hydrogen) atoms. The molecule has 216 valence electrons. The fourth-order valence-electron chi connectivity index (χ4n) is 3.96. The highest BCUT2D eigenvalue weighted by atomic mass is 35.5. The summed E-state index contributed by atoms with van der Waals surface area (Å²) in [7, 11) is -4.36. The van der Waals surface area contributed by atoms with Crippen LogP contribution in [-0.4, -0.2) is 59.7 Å². The normalized spacial score (nSPS) is 16.8. The Morgan fingerprint density at radius 1 is 1.28 bits per heavy atom. The Kier molecular flexibility index (Phi) is 8.80. The van der Waals surface area contributed by atoms with Crippen molar-refractivity contribution < 1.29 is 45.8 Å². The van der Waals surface area contributed by atoms with E-state index in [0.29, 0.717) is 13.0 Å². The van der Waals surface area contributed by atoms with Gasteiger partial charge >= 0.3 is 18.1 Å². The molecular formula is C24H29ClF3N3O7S. The van der Waals surface area contributed by atoms with Gasteiger partial charge in [0.05, 0.1) is 24.6 Å². The zero-order valence-electron chi connectivity index (χ0n) is 21.7. The molecule has 2 heterocycles. The first-order valence-corrected chi connectivity index (χ1v) is 13.9. The Morgan fingerprint density at radius 2 is 1.95 bits per heavy atom. The molecule has 3 rings (SSSR count). The number of aromatic nitrogens is 2. The maximum atomic E-state index is 13.8. The fraction of sp³-hybridized carbons (Fsp3) is 0.542. The molecule has 0 spiro atoms. The summed E-state index contributed by atoms with van der Waals surface area (Å²) in [5, 5.41) is 13.2. The van der Waals surface area contributed by atoms with E-state index >= 15 is 0 Å². The van der Waals surface area contributed by atoms with Crippen molar-refractivity contribution in [1.29, 1.82) is 0 Å². The number of nitrogens with zero attached hydrogens (tertiary/aromatic N) is 3. The van der Waals surface area contributed by atoms with Gasteiger partial charge in [0.15, 0.2) is 5.15 Å². The van der Waals surface area contributed by atoms with E-state index in [1.807, 2.05) is 0 Å². The van der Waals surface area contributed by atoms with Gasteiger partial charge in [-0.2, -0.15) is 18.3 Å². The van der Waals surface area contributed by atoms with Crippen molar-refractivity contribution in [3.8, 4) is 5.75 Å². The molecule has 1 aliphatic heterocycles. The number of carboxylic acid groups (broad SMARTS) is 1. The predicted octanol–water partition coefficient (Wildman–Crippen LogP) is 4.44. The number of aliphatic carboxylic acids is 1. The molecule has 2 aromatic rings. The van der Waals surface area contributed by atoms with Crippen LogP contribution in [0.4, 0.5) is 18.9 Å². The predicted molar refractivity (Wildman–Crippen MR) is 134 cm³/mol. The number of ether oxygens (including phenoxy) is 2. The highest BCUT2D eigenvalue weighted by molar-refractivity contribution is 7.93. The molecule has 0 saturated carbocycles. The van der Waals surface area contributed by atoms with Gasteiger partial charge in [0.2, 0.25) is 5.60 Å². The van der Waals surface area contributed by atoms with Gasteiger partial charge in [-0.1, -0.05) is 24.6 Å². The number of sulfonamides is 1. The van der Waals surface area contributed by atoms with Crippen LogP contribution in [0.3, 0.4) is 0 Å². The van der Waals surface area contributed by atoms with Gasteiger partial charge in [-0.05, 0) is 51.3 Å². The lowest BCUT2D eigenvalue weighted by atomic mass is 9.98. The second-order valence-corrected chi connectivity index (χ2v) is 11.7. The number of carbonyl (C=O) groups is 2. The van der Waals surface area contributed by atoms with Gasteiger partial charge in [0.25, 0.3) is 10.0 Å². The summed E-state index contributed by atoms with van der Waals surface area (Å²) in [4.78, 5) is 23.6. The molecule has 0 aliphatic carbocycles. The molecule has 2 atom stereocenters. The second-order valence-electron chi connectivity index (χ2n) is 9.56. The number of fused-ring (bicyclic) bond motifs is 1. The van der Waals surface area contributed by atoms with Gasteiger partial charge in [-0.15, -0.1) is 0 Å². The lowest BCUT2D eigenvalue weighted by molar-refractivity contribution is -0.257. The van der Waals surface area contributed by atoms with Crippen molar-refractivity contribution in [2.75, 3.05) is 10.8 Å². The average Bonchev–Trinajstić information content (AvgIpc) is 3.22. The SMILES string of the molecule is CC[C@H](C[C@H]1CN(S(=O)(=O)c2cn(CC)nc2Cl)c2cc(CC(=O)OC(C)(C)C(F)(F)F)ccc2O1)C(=O)O. The number of carbonyl (C=O) groups excluding carboxylic acids is 1. The van der Waals surface area contributed by atoms with Crippen molar-refractivity contribution in [3.05, 3.63) is 35.1 Å². The van der Waals surface area contributed by atoms with Crippen molar-refractivity contribution >= 4 is 39.3 Å². The Balaban J connectivity index is 2.01. The molecule has 0 bridgehead atoms. The van der Waals surface area contributed by atoms with E-state index in [2.05, 4.69) is 9.84 Å². The third-order valence-electron chi connectivity index (χ3n) is 6.32. The number of rotatable bonds is 10. The number of esters is 1. The van der Waals surface area contributed by atoms with E-state index in [1.54, 1.807) is 13.8 Å². The molecule has 0 radical (unpaired) electrons. The largest absolute Gasteiger partial charge is 0.486 e. The monoisotopic (exact) mass is 595 g/mol. The fourth-order valence-corrected chi connectivity index (χ4v) is 5.90. The third kappa shape index (κ3) is 6.60. The summed E-state index contributed by atoms with van der Waals surface area (Å²) in [6, 6.07) is 4.07. The molecule has 10 nitrogen and oxygen atoms in total. The molecule has 0 fully saturated rings. The van der Waals surface area contributed by atoms with E-state index in [-0.39, 0.29) is 40.0 Å². The van der Waals surface area contributed by atoms with Crippen LogP contribution in [0.25, 0.3) is 0 Å². The summed E-state index contributed by atoms with van der Waals surface area (Å²) in [6.07, 6.45) is -4.64. The van der Waals surface area contributed by atoms with E-state index in [1.165, 1.54) is 29.1 Å². The van der Waals surface area contributed by atoms with Crippen LogP contribution in [-0.2, 0) is 37.3 Å². The molecule has 15 heteroatoms. The van der Waals surface area contributed by atoms with Crippen LogP contribution >= 0.6 is 11.6 Å². The Labute approximate surface area is 228 Å². The maximum Gasteiger partial charge on any atom is 0.427 e. The first-order chi connectivity index (χ1) is 18.0. The van der Waals surface area contributed by atoms with Crippen molar-refractivity contribution in [2.45, 2.75) is 76.3 Å². The summed E-state index contributed by atoms with van der Waals surface area (Å²) >= 11 is 6.14. The van der Waals surface area contributed by atoms with Crippen LogP contribution in [0.15, 0.2) is 29.3 Å². The van der Waals surface area contributed by atoms with Gasteiger partial charge in [-0.3, -0.25) is 18.6 Å². The minimum Gasteiger partial charge on any atom is -0.486 e. The van der Waals surface area contributed by atoms with Crippen LogP contribution in [0, 0.1) is 5.92 Å². The molecule has 1 aromatic heterocycles. The number of hydrogen-bond donors (Lipinski definition) is 1. The van der Waals surface area contributed by atoms with E-state index in [9.17, 15) is 36.3 Å². The van der Waals surface area contributed by atoms with Gasteiger partial charge in [-0.25, -0.2) is 8.42 Å². The smallest absolute Gasteiger partial charge is 0.427 e. The van der Waals surface area contributed by atoms with Gasteiger partial charge in [0, 0.05) is 12.7 Å². The maximum absolute atomic E-state index is 13.8. The molecule has 0 unspecified atom stereocenters. The van der Waals surface area contributed by atoms with E-state index in [4.69, 9.17) is 16.3 Å². The summed E-state index contributed by atoms with van der Waals surface area (Å²) in [5.41, 5.74) is -2.54. The number of benzene rings is 1. The zero-order chi connectivity index (χ0) is 29.3. The van der Waals surface area contributed by atoms with Crippen molar-refractivity contribution in [3.63, 3.8) is 0 Å². The Morgan fingerprint density at radius 3 is 2.49 bits per heavy atom. The zero-order valence-corrected chi connectivity index (χ0v) is 23.2. The standard InChI is InChI=1S/C24H29ClF3N3O7S/c1-5-15(22(33)34)11-16-12-31(39(35,36)19-13-30(6-2)29-21(19)25)17-9-14(7-8-18(17)37-16)10-20(32)38-23(3,4)24(26,27)28/h7-9,13,15-16H,5-6,10-12H2,1-4H3,(H,33,34)/t15-,16+/m1/s1. The van der Waals surface area contributed by atoms with E-state index < -0.39 is 52.2 Å². The quantitative estimate of drug-likeness (QED) is 0.399. The number of alkyl halides is 3. The molecule has 1 N–H and O–H groups in total. The molecule has 0 saturated heterocycles. The average molecular weight is 596 g/mol. The first kappa shape index (κ1) is 30.5. The third-order valence-corrected chi connectivity index (χ3v) is 8.49. The minimum absolute atomic E-state index is 0.00956. The number of hydrogen-bond acceptors (Lipinski definition) is 7. The number of anilines is 1. The van der Waals surface area contributed by atoms with Crippen LogP contribution in [0.5, 0.6) is 5.75 Å². The Hall–Kier alpha value is -3.00. The van der Waals surface area contributed by atoms with E-state index in [0.717, 1.165) is 18.2 Å². The first-order valence-electron chi connectivity index (χ1n) is 12.1. The lowest BCUT2D eigenvalue weighted by Crippen LogP contribution is -2.45. The highest BCUT2D eigenvalue weighted by Crippen LogP contribution is 2.40. The highest BCUT2D eigenvalue weighted by Gasteiger charge is 2.50. The van der Waals surface area contributed by atoms with Crippen molar-refractivity contribution in [1.82, 2.24) is 9.78 Å². The molecule has 1 aliphatic rings. The summed E-state index contributed by atoms with van der Waals surface area (Å²) < 4.78 is 79.8. The van der Waals surface area contributed by atoms with Crippen LogP contribution < -0.4 is 9.04 Å². The van der Waals surface area contributed by atoms with Gasteiger partial charge < -0.3 is 14.6 Å². The Bertz CT molecular complexity index is 1340. The van der Waals surface area contributed by atoms with Crippen LogP contribution in [0.1, 0.15) is 46.1 Å². The topological polar surface area (TPSA) is 128 Å². The second kappa shape index (κ2) is 11.2. The number of halogens is 4. The number of carboxylic acids is 1. The van der Waals surface area contributed by atoms with Crippen LogP contribution in [0.2, 0.25) is 5.15 Å². The summed E-state index contributed by atoms with van der Waals surface area (Å²) in [6.45, 7) is 4.94.